The van der Waals surface area contributed by atoms with Gasteiger partial charge in [0.05, 0.1) is 12.1 Å². The van der Waals surface area contributed by atoms with Crippen LogP contribution in [0.2, 0.25) is 0 Å². The summed E-state index contributed by atoms with van der Waals surface area (Å²) in [4.78, 5) is 27.2. The molecular weight excluding hydrogens is 509 g/mol. The fourth-order valence-corrected chi connectivity index (χ4v) is 5.02. The molecular formula is C31H42FN5O3. The van der Waals surface area contributed by atoms with E-state index in [4.69, 9.17) is 11.5 Å². The van der Waals surface area contributed by atoms with E-state index in [0.717, 1.165) is 27.9 Å². The average Bonchev–Trinajstić information content (AvgIpc) is 3.32. The van der Waals surface area contributed by atoms with Crippen LogP contribution in [0.4, 0.5) is 4.39 Å². The smallest absolute Gasteiger partial charge is 0.248 e. The Hall–Kier alpha value is -3.53. The summed E-state index contributed by atoms with van der Waals surface area (Å²) >= 11 is 0. The molecule has 0 bridgehead atoms. The van der Waals surface area contributed by atoms with Gasteiger partial charge in [0.15, 0.2) is 0 Å². The Bertz CT molecular complexity index is 1290. The van der Waals surface area contributed by atoms with Crippen molar-refractivity contribution in [3.8, 4) is 11.1 Å². The van der Waals surface area contributed by atoms with Gasteiger partial charge in [0.1, 0.15) is 12.4 Å². The number of hydrogen-bond acceptors (Lipinski definition) is 5. The quantitative estimate of drug-likeness (QED) is 0.275. The summed E-state index contributed by atoms with van der Waals surface area (Å²) in [7, 11) is 0. The molecule has 40 heavy (non-hydrogen) atoms. The molecule has 0 aliphatic carbocycles. The molecule has 0 aliphatic heterocycles. The number of hydrogen-bond donors (Lipinski definition) is 4. The number of benzene rings is 2. The van der Waals surface area contributed by atoms with Crippen LogP contribution in [0.25, 0.3) is 11.1 Å². The minimum Gasteiger partial charge on any atom is -0.387 e. The molecule has 0 unspecified atom stereocenters. The van der Waals surface area contributed by atoms with Crippen LogP contribution in [0.5, 0.6) is 0 Å². The van der Waals surface area contributed by atoms with E-state index in [-0.39, 0.29) is 24.7 Å². The van der Waals surface area contributed by atoms with Crippen LogP contribution >= 0.6 is 0 Å². The van der Waals surface area contributed by atoms with Crippen molar-refractivity contribution >= 4 is 11.8 Å². The monoisotopic (exact) mass is 551 g/mol. The van der Waals surface area contributed by atoms with Crippen LogP contribution < -0.4 is 16.8 Å². The largest absolute Gasteiger partial charge is 0.387 e. The maximum atomic E-state index is 14.3. The zero-order chi connectivity index (χ0) is 29.4. The zero-order valence-corrected chi connectivity index (χ0v) is 23.9. The van der Waals surface area contributed by atoms with Gasteiger partial charge in [-0.25, -0.2) is 4.39 Å². The van der Waals surface area contributed by atoms with Gasteiger partial charge in [0, 0.05) is 43.6 Å². The summed E-state index contributed by atoms with van der Waals surface area (Å²) in [5.41, 5.74) is 15.6. The highest BCUT2D eigenvalue weighted by Crippen LogP contribution is 2.41. The third-order valence-electron chi connectivity index (χ3n) is 6.97. The number of aliphatic hydroxyl groups excluding tert-OH is 1. The molecule has 3 aromatic rings. The van der Waals surface area contributed by atoms with Gasteiger partial charge in [-0.15, -0.1) is 0 Å². The van der Waals surface area contributed by atoms with Crippen molar-refractivity contribution in [2.24, 2.45) is 16.9 Å². The van der Waals surface area contributed by atoms with E-state index in [0.29, 0.717) is 19.6 Å². The topological polar surface area (TPSA) is 127 Å². The number of carbonyl (C=O) groups excluding carboxylic acids is 2. The summed E-state index contributed by atoms with van der Waals surface area (Å²) < 4.78 is 16.4. The lowest BCUT2D eigenvalue weighted by Gasteiger charge is -2.41. The van der Waals surface area contributed by atoms with Crippen LogP contribution in [-0.4, -0.2) is 58.7 Å². The molecule has 0 radical (unpaired) electrons. The first-order valence-electron chi connectivity index (χ1n) is 13.6. The molecule has 8 nitrogen and oxygen atoms in total. The Morgan fingerprint density at radius 1 is 1.12 bits per heavy atom. The molecule has 0 saturated carbocycles. The van der Waals surface area contributed by atoms with Crippen molar-refractivity contribution in [1.29, 1.82) is 0 Å². The molecule has 2 atom stereocenters. The van der Waals surface area contributed by atoms with Crippen LogP contribution in [0, 0.1) is 18.2 Å². The second kappa shape index (κ2) is 13.7. The van der Waals surface area contributed by atoms with Gasteiger partial charge in [-0.2, -0.15) is 0 Å². The lowest BCUT2D eigenvalue weighted by molar-refractivity contribution is -0.140. The van der Waals surface area contributed by atoms with Gasteiger partial charge in [-0.3, -0.25) is 9.59 Å². The molecule has 0 saturated heterocycles. The maximum absolute atomic E-state index is 14.3. The summed E-state index contributed by atoms with van der Waals surface area (Å²) in [6, 6.07) is 15.3. The first-order chi connectivity index (χ1) is 19.0. The van der Waals surface area contributed by atoms with Gasteiger partial charge in [0.25, 0.3) is 0 Å². The lowest BCUT2D eigenvalue weighted by atomic mass is 9.82. The molecule has 0 aliphatic rings. The average molecular weight is 552 g/mol. The van der Waals surface area contributed by atoms with Gasteiger partial charge in [0.2, 0.25) is 11.8 Å². The van der Waals surface area contributed by atoms with E-state index >= 15 is 0 Å². The fourth-order valence-electron chi connectivity index (χ4n) is 5.02. The minimum absolute atomic E-state index is 0.156. The summed E-state index contributed by atoms with van der Waals surface area (Å²) in [5, 5.41) is 12.6. The third kappa shape index (κ3) is 7.78. The van der Waals surface area contributed by atoms with Crippen molar-refractivity contribution in [2.45, 2.75) is 52.7 Å². The van der Waals surface area contributed by atoms with Crippen molar-refractivity contribution in [1.82, 2.24) is 14.8 Å². The van der Waals surface area contributed by atoms with Crippen molar-refractivity contribution in [3.63, 3.8) is 0 Å². The first-order valence-corrected chi connectivity index (χ1v) is 13.6. The number of halogens is 1. The predicted molar refractivity (Wildman–Crippen MR) is 156 cm³/mol. The van der Waals surface area contributed by atoms with E-state index in [9.17, 15) is 19.1 Å². The van der Waals surface area contributed by atoms with Crippen LogP contribution in [-0.2, 0) is 16.1 Å². The van der Waals surface area contributed by atoms with Gasteiger partial charge >= 0.3 is 0 Å². The summed E-state index contributed by atoms with van der Waals surface area (Å²) in [5.74, 6) is -1.14. The molecule has 0 fully saturated rings. The van der Waals surface area contributed by atoms with Crippen LogP contribution in [0.1, 0.15) is 50.1 Å². The minimum atomic E-state index is -0.845. The SMILES string of the molecule is Cc1ccc(F)cc1-c1cc([C@H](N(CC[C@H](N)C(=O)NCCN)C(=O)CO)C(C)(C)C)n(Cc2ccccc2)c1. The van der Waals surface area contributed by atoms with Crippen LogP contribution in [0.3, 0.4) is 0 Å². The molecule has 0 spiro atoms. The van der Waals surface area contributed by atoms with E-state index in [1.807, 2.05) is 70.3 Å². The molecule has 1 heterocycles. The second-order valence-electron chi connectivity index (χ2n) is 11.2. The first kappa shape index (κ1) is 31.0. The Morgan fingerprint density at radius 3 is 2.45 bits per heavy atom. The number of rotatable bonds is 12. The lowest BCUT2D eigenvalue weighted by Crippen LogP contribution is -2.48. The van der Waals surface area contributed by atoms with Crippen molar-refractivity contribution < 1.29 is 19.1 Å². The van der Waals surface area contributed by atoms with Gasteiger partial charge in [-0.1, -0.05) is 57.2 Å². The Labute approximate surface area is 236 Å². The van der Waals surface area contributed by atoms with Gasteiger partial charge in [-0.05, 0) is 53.6 Å². The molecule has 216 valence electrons. The summed E-state index contributed by atoms with van der Waals surface area (Å²) in [6.45, 7) is 8.61. The number of aryl methyl sites for hydroxylation is 1. The molecule has 2 amide bonds. The van der Waals surface area contributed by atoms with E-state index in [1.54, 1.807) is 11.0 Å². The van der Waals surface area contributed by atoms with E-state index < -0.39 is 30.0 Å². The Balaban J connectivity index is 2.10. The Morgan fingerprint density at radius 2 is 1.82 bits per heavy atom. The van der Waals surface area contributed by atoms with E-state index in [1.165, 1.54) is 12.1 Å². The normalized spacial score (nSPS) is 13.1. The number of aliphatic hydroxyl groups is 1. The molecule has 9 heteroatoms. The molecule has 2 aromatic carbocycles. The number of nitrogens with one attached hydrogen (secondary N) is 1. The fraction of sp³-hybridized carbons (Fsp3) is 0.419. The highest BCUT2D eigenvalue weighted by atomic mass is 19.1. The molecule has 3 rings (SSSR count). The highest BCUT2D eigenvalue weighted by Gasteiger charge is 2.37. The zero-order valence-electron chi connectivity index (χ0n) is 23.9. The van der Waals surface area contributed by atoms with Crippen molar-refractivity contribution in [2.75, 3.05) is 26.2 Å². The Kier molecular flexibility index (Phi) is 10.6. The number of amides is 2. The van der Waals surface area contributed by atoms with E-state index in [2.05, 4.69) is 9.88 Å². The van der Waals surface area contributed by atoms with Crippen LogP contribution in [0.15, 0.2) is 60.8 Å². The summed E-state index contributed by atoms with van der Waals surface area (Å²) in [6.07, 6.45) is 2.18. The number of carbonyl (C=O) groups is 2. The second-order valence-corrected chi connectivity index (χ2v) is 11.2. The molecule has 6 N–H and O–H groups in total. The third-order valence-corrected chi connectivity index (χ3v) is 6.97. The number of nitrogens with zero attached hydrogens (tertiary/aromatic N) is 2. The number of aromatic nitrogens is 1. The highest BCUT2D eigenvalue weighted by molar-refractivity contribution is 5.82. The standard InChI is InChI=1S/C31H42FN5O3/c1-21-10-11-24(32)17-25(21)23-16-27(36(19-23)18-22-8-6-5-7-9-22)29(31(2,3)4)37(28(39)20-38)15-12-26(34)30(40)35-14-13-33/h5-11,16-17,19,26,29,38H,12-15,18,20,33-34H2,1-4H3,(H,35,40)/t26-,29-/m0/s1. The van der Waals surface area contributed by atoms with Crippen molar-refractivity contribution in [3.05, 3.63) is 83.4 Å². The van der Waals surface area contributed by atoms with Gasteiger partial charge < -0.3 is 31.4 Å². The number of nitrogens with two attached hydrogens (primary N) is 2. The maximum Gasteiger partial charge on any atom is 0.248 e. The molecule has 1 aromatic heterocycles. The predicted octanol–water partition coefficient (Wildman–Crippen LogP) is 3.35.